The lowest BCUT2D eigenvalue weighted by molar-refractivity contribution is -0.126. The van der Waals surface area contributed by atoms with Gasteiger partial charge in [-0.1, -0.05) is 29.8 Å². The fraction of sp³-hybridized carbons (Fsp3) is 0.300. The first-order valence-electron chi connectivity index (χ1n) is 8.38. The summed E-state index contributed by atoms with van der Waals surface area (Å²) < 4.78 is 5.43. The van der Waals surface area contributed by atoms with Gasteiger partial charge in [-0.2, -0.15) is 0 Å². The minimum Gasteiger partial charge on any atom is -0.449 e. The van der Waals surface area contributed by atoms with Crippen LogP contribution in [-0.2, 0) is 16.0 Å². The van der Waals surface area contributed by atoms with E-state index in [1.165, 1.54) is 11.8 Å². The maximum absolute atomic E-state index is 12.9. The van der Waals surface area contributed by atoms with Gasteiger partial charge in [0.25, 0.3) is 5.91 Å². The summed E-state index contributed by atoms with van der Waals surface area (Å²) in [5, 5.41) is 0.312. The topological polar surface area (TPSA) is 46.6 Å². The molecule has 2 aromatic carbocycles. The summed E-state index contributed by atoms with van der Waals surface area (Å²) in [6.07, 6.45) is 1.81. The predicted octanol–water partition coefficient (Wildman–Crippen LogP) is 4.59. The van der Waals surface area contributed by atoms with Crippen molar-refractivity contribution in [3.63, 3.8) is 0 Å². The molecule has 4 nitrogen and oxygen atoms in total. The van der Waals surface area contributed by atoms with E-state index in [0.29, 0.717) is 5.02 Å². The molecule has 6 heteroatoms. The van der Waals surface area contributed by atoms with Gasteiger partial charge in [-0.3, -0.25) is 4.79 Å². The zero-order chi connectivity index (χ0) is 18.8. The third-order valence-corrected chi connectivity index (χ3v) is 5.52. The summed E-state index contributed by atoms with van der Waals surface area (Å²) in [5.74, 6) is -0.820. The Labute approximate surface area is 162 Å². The number of carbonyl (C=O) groups is 2. The molecule has 26 heavy (non-hydrogen) atoms. The van der Waals surface area contributed by atoms with E-state index in [2.05, 4.69) is 0 Å². The van der Waals surface area contributed by atoms with Crippen LogP contribution in [0.2, 0.25) is 5.02 Å². The van der Waals surface area contributed by atoms with E-state index >= 15 is 0 Å². The molecular formula is C20H20ClNO3S. The molecule has 1 amide bonds. The second-order valence-corrected chi connectivity index (χ2v) is 7.57. The van der Waals surface area contributed by atoms with Crippen molar-refractivity contribution in [2.45, 2.75) is 37.3 Å². The molecule has 1 heterocycles. The van der Waals surface area contributed by atoms with Crippen LogP contribution in [0.25, 0.3) is 0 Å². The summed E-state index contributed by atoms with van der Waals surface area (Å²) >= 11 is 7.63. The summed E-state index contributed by atoms with van der Waals surface area (Å²) in [7, 11) is 0. The average molecular weight is 390 g/mol. The zero-order valence-corrected chi connectivity index (χ0v) is 16.4. The van der Waals surface area contributed by atoms with E-state index < -0.39 is 12.1 Å². The number of esters is 1. The standard InChI is InChI=1S/C20H20ClNO3S/c1-12-10-14-6-4-5-7-18(14)22(12)19(23)13(2)25-20(24)16-11-15(26-3)8-9-17(16)21/h4-9,11-13H,10H2,1-3H3/t12-,13-/m1/s1. The fourth-order valence-corrected chi connectivity index (χ4v) is 3.79. The highest BCUT2D eigenvalue weighted by atomic mass is 35.5. The lowest BCUT2D eigenvalue weighted by Gasteiger charge is -2.26. The molecule has 136 valence electrons. The van der Waals surface area contributed by atoms with Crippen molar-refractivity contribution in [1.29, 1.82) is 0 Å². The first-order valence-corrected chi connectivity index (χ1v) is 9.98. The first-order chi connectivity index (χ1) is 12.4. The molecule has 0 saturated heterocycles. The number of carbonyl (C=O) groups excluding carboxylic acids is 2. The Bertz CT molecular complexity index is 855. The molecule has 2 aromatic rings. The predicted molar refractivity (Wildman–Crippen MR) is 105 cm³/mol. The van der Waals surface area contributed by atoms with Gasteiger partial charge in [0.2, 0.25) is 0 Å². The Morgan fingerprint density at radius 1 is 1.27 bits per heavy atom. The van der Waals surface area contributed by atoms with Crippen LogP contribution in [0.4, 0.5) is 5.69 Å². The average Bonchev–Trinajstić information content (AvgIpc) is 2.97. The smallest absolute Gasteiger partial charge is 0.340 e. The van der Waals surface area contributed by atoms with Crippen LogP contribution < -0.4 is 4.90 Å². The molecule has 2 atom stereocenters. The van der Waals surface area contributed by atoms with Crippen LogP contribution in [0, 0.1) is 0 Å². The second-order valence-electron chi connectivity index (χ2n) is 6.28. The summed E-state index contributed by atoms with van der Waals surface area (Å²) in [4.78, 5) is 28.0. The molecule has 0 aromatic heterocycles. The Morgan fingerprint density at radius 2 is 2.00 bits per heavy atom. The van der Waals surface area contributed by atoms with Gasteiger partial charge in [-0.15, -0.1) is 11.8 Å². The molecule has 0 unspecified atom stereocenters. The SMILES string of the molecule is CSc1ccc(Cl)c(C(=O)O[C@H](C)C(=O)N2c3ccccc3C[C@H]2C)c1. The molecule has 1 aliphatic rings. The van der Waals surface area contributed by atoms with Crippen molar-refractivity contribution in [2.75, 3.05) is 11.2 Å². The number of benzene rings is 2. The molecular weight excluding hydrogens is 370 g/mol. The monoisotopic (exact) mass is 389 g/mol. The Morgan fingerprint density at radius 3 is 2.73 bits per heavy atom. The van der Waals surface area contributed by atoms with Crippen LogP contribution in [0.5, 0.6) is 0 Å². The van der Waals surface area contributed by atoms with Crippen LogP contribution >= 0.6 is 23.4 Å². The van der Waals surface area contributed by atoms with Crippen molar-refractivity contribution in [1.82, 2.24) is 0 Å². The van der Waals surface area contributed by atoms with Gasteiger partial charge in [0.1, 0.15) is 0 Å². The van der Waals surface area contributed by atoms with Gasteiger partial charge in [0.15, 0.2) is 6.10 Å². The number of hydrogen-bond acceptors (Lipinski definition) is 4. The molecule has 0 bridgehead atoms. The van der Waals surface area contributed by atoms with E-state index in [1.807, 2.05) is 43.5 Å². The number of anilines is 1. The molecule has 0 aliphatic carbocycles. The van der Waals surface area contributed by atoms with Crippen LogP contribution in [0.1, 0.15) is 29.8 Å². The van der Waals surface area contributed by atoms with Crippen LogP contribution in [-0.4, -0.2) is 30.3 Å². The van der Waals surface area contributed by atoms with Crippen molar-refractivity contribution in [3.8, 4) is 0 Å². The van der Waals surface area contributed by atoms with Gasteiger partial charge in [-0.25, -0.2) is 4.79 Å². The maximum atomic E-state index is 12.9. The molecule has 0 radical (unpaired) electrons. The van der Waals surface area contributed by atoms with Gasteiger partial charge >= 0.3 is 5.97 Å². The number of para-hydroxylation sites is 1. The largest absolute Gasteiger partial charge is 0.449 e. The molecule has 0 N–H and O–H groups in total. The van der Waals surface area contributed by atoms with E-state index in [-0.39, 0.29) is 17.5 Å². The zero-order valence-electron chi connectivity index (χ0n) is 14.9. The minimum atomic E-state index is -0.898. The number of fused-ring (bicyclic) bond motifs is 1. The maximum Gasteiger partial charge on any atom is 0.340 e. The minimum absolute atomic E-state index is 0.0319. The lowest BCUT2D eigenvalue weighted by Crippen LogP contribution is -2.43. The second kappa shape index (κ2) is 7.72. The highest BCUT2D eigenvalue weighted by Crippen LogP contribution is 2.32. The Hall–Kier alpha value is -1.98. The van der Waals surface area contributed by atoms with Crippen molar-refractivity contribution >= 4 is 40.9 Å². The number of halogens is 1. The number of nitrogens with zero attached hydrogens (tertiary/aromatic N) is 1. The Kier molecular flexibility index (Phi) is 5.58. The highest BCUT2D eigenvalue weighted by molar-refractivity contribution is 7.98. The van der Waals surface area contributed by atoms with Crippen LogP contribution in [0.15, 0.2) is 47.4 Å². The molecule has 0 saturated carbocycles. The number of thioether (sulfide) groups is 1. The van der Waals surface area contributed by atoms with E-state index in [4.69, 9.17) is 16.3 Å². The van der Waals surface area contributed by atoms with E-state index in [9.17, 15) is 9.59 Å². The first kappa shape index (κ1) is 18.8. The number of hydrogen-bond donors (Lipinski definition) is 0. The van der Waals surface area contributed by atoms with Crippen LogP contribution in [0.3, 0.4) is 0 Å². The third kappa shape index (κ3) is 3.60. The highest BCUT2D eigenvalue weighted by Gasteiger charge is 2.34. The summed E-state index contributed by atoms with van der Waals surface area (Å²) in [5.41, 5.74) is 2.28. The van der Waals surface area contributed by atoms with Crippen molar-refractivity contribution in [2.24, 2.45) is 0 Å². The lowest BCUT2D eigenvalue weighted by atomic mass is 10.1. The molecule has 1 aliphatic heterocycles. The van der Waals surface area contributed by atoms with Gasteiger partial charge in [-0.05, 0) is 56.4 Å². The number of rotatable bonds is 4. The fourth-order valence-electron chi connectivity index (χ4n) is 3.16. The van der Waals surface area contributed by atoms with Crippen molar-refractivity contribution < 1.29 is 14.3 Å². The van der Waals surface area contributed by atoms with E-state index in [1.54, 1.807) is 24.0 Å². The number of amides is 1. The van der Waals surface area contributed by atoms with Gasteiger partial charge in [0, 0.05) is 16.6 Å². The molecule has 0 spiro atoms. The normalized spacial score (nSPS) is 16.9. The summed E-state index contributed by atoms with van der Waals surface area (Å²) in [6.45, 7) is 3.59. The number of ether oxygens (including phenoxy) is 1. The van der Waals surface area contributed by atoms with Gasteiger partial charge in [0.05, 0.1) is 10.6 Å². The molecule has 0 fully saturated rings. The third-order valence-electron chi connectivity index (χ3n) is 4.47. The van der Waals surface area contributed by atoms with E-state index in [0.717, 1.165) is 22.6 Å². The Balaban J connectivity index is 1.77. The van der Waals surface area contributed by atoms with Crippen molar-refractivity contribution in [3.05, 3.63) is 58.6 Å². The molecule has 3 rings (SSSR count). The van der Waals surface area contributed by atoms with Gasteiger partial charge < -0.3 is 9.64 Å². The summed E-state index contributed by atoms with van der Waals surface area (Å²) in [6, 6.07) is 13.0. The quantitative estimate of drug-likeness (QED) is 0.567.